The summed E-state index contributed by atoms with van der Waals surface area (Å²) < 4.78 is 30.0. The van der Waals surface area contributed by atoms with Crippen LogP contribution in [0.5, 0.6) is 11.5 Å². The highest BCUT2D eigenvalue weighted by atomic mass is 127. The topological polar surface area (TPSA) is 73.1 Å². The van der Waals surface area contributed by atoms with Gasteiger partial charge in [0.15, 0.2) is 4.80 Å². The highest BCUT2D eigenvalue weighted by Gasteiger charge is 2.35. The van der Waals surface area contributed by atoms with Crippen molar-refractivity contribution in [3.05, 3.63) is 121 Å². The summed E-state index contributed by atoms with van der Waals surface area (Å²) in [6.45, 7) is 6.76. The number of carbonyl (C=O) groups excluding carboxylic acids is 1. The van der Waals surface area contributed by atoms with Crippen LogP contribution >= 0.6 is 56.5 Å². The zero-order valence-corrected chi connectivity index (χ0v) is 29.7. The molecule has 0 radical (unpaired) electrons. The molecule has 2 heterocycles. The maximum Gasteiger partial charge on any atom is 0.271 e. The summed E-state index contributed by atoms with van der Waals surface area (Å²) in [5, 5.41) is 0. The Labute approximate surface area is 286 Å². The van der Waals surface area contributed by atoms with Crippen LogP contribution in [-0.2, 0) is 11.4 Å². The van der Waals surface area contributed by atoms with Crippen molar-refractivity contribution < 1.29 is 18.7 Å². The number of methoxy groups -OCH3 is 1. The Bertz CT molecular complexity index is 1950. The Morgan fingerprint density at radius 2 is 1.82 bits per heavy atom. The summed E-state index contributed by atoms with van der Waals surface area (Å²) in [5.74, 6) is 0.611. The molecule has 1 aliphatic heterocycles. The third-order valence-corrected chi connectivity index (χ3v) is 9.80. The van der Waals surface area contributed by atoms with Gasteiger partial charge in [0, 0.05) is 33.4 Å². The second kappa shape index (κ2) is 13.9. The number of rotatable bonds is 9. The van der Waals surface area contributed by atoms with E-state index in [0.717, 1.165) is 7.14 Å². The zero-order valence-electron chi connectivity index (χ0n) is 24.6. The second-order valence-electron chi connectivity index (χ2n) is 9.99. The molecule has 1 aromatic heterocycles. The smallest absolute Gasteiger partial charge is 0.271 e. The van der Waals surface area contributed by atoms with Gasteiger partial charge < -0.3 is 14.4 Å². The minimum Gasteiger partial charge on any atom is -0.496 e. The van der Waals surface area contributed by atoms with Crippen molar-refractivity contribution >= 4 is 68.5 Å². The summed E-state index contributed by atoms with van der Waals surface area (Å²) in [6.07, 6.45) is 1.79. The number of hydrogen-bond acceptors (Lipinski definition) is 6. The molecule has 0 saturated heterocycles. The van der Waals surface area contributed by atoms with Gasteiger partial charge >= 0.3 is 0 Å². The number of nitrogens with zero attached hydrogens (tertiary/aromatic N) is 3. The first-order valence-corrected chi connectivity index (χ1v) is 17.0. The average Bonchev–Trinajstić information content (AvgIpc) is 3.31. The lowest BCUT2D eigenvalue weighted by Gasteiger charge is -2.29. The molecule has 0 spiro atoms. The number of thiazole rings is 1. The first-order chi connectivity index (χ1) is 21.2. The molecular weight excluding hydrogens is 807 g/mol. The number of likely N-dealkylation sites (N-methyl/N-ethyl adjacent to an activating group) is 1. The lowest BCUT2D eigenvalue weighted by molar-refractivity contribution is -0.127. The molecule has 0 aliphatic carbocycles. The van der Waals surface area contributed by atoms with Crippen LogP contribution in [0.2, 0.25) is 0 Å². The molecule has 0 N–H and O–H groups in total. The summed E-state index contributed by atoms with van der Waals surface area (Å²) in [7, 11) is 1.58. The minimum absolute atomic E-state index is 0.0369. The number of allylic oxidation sites excluding steroid dienone is 1. The monoisotopic (exact) mass is 837 g/mol. The summed E-state index contributed by atoms with van der Waals surface area (Å²) >= 11 is 5.67. The van der Waals surface area contributed by atoms with Crippen molar-refractivity contribution in [2.24, 2.45) is 4.99 Å². The van der Waals surface area contributed by atoms with Crippen molar-refractivity contribution in [2.45, 2.75) is 33.4 Å². The molecular formula is C33H30FI2N3O4S. The first-order valence-electron chi connectivity index (χ1n) is 14.0. The highest BCUT2D eigenvalue weighted by molar-refractivity contribution is 14.1. The molecule has 1 atom stereocenters. The van der Waals surface area contributed by atoms with Crippen LogP contribution < -0.4 is 24.4 Å². The summed E-state index contributed by atoms with van der Waals surface area (Å²) in [5.41, 5.74) is 2.54. The fourth-order valence-corrected chi connectivity index (χ4v) is 8.29. The zero-order chi connectivity index (χ0) is 31.5. The predicted molar refractivity (Wildman–Crippen MR) is 187 cm³/mol. The standard InChI is InChI=1S/C33H30FI2N3O4S/c1-5-38(6-2)32(41)28-19(3)37-33-39(29(28)23-12-8-10-14-26(23)42-4)31(40)27(44-33)16-21-15-22(35)17-25(36)30(21)43-18-20-11-7-9-13-24(20)34/h7-17,29H,5-6,18H2,1-4H3/b27-16+/t29-/m1/s1. The van der Waals surface area contributed by atoms with Gasteiger partial charge in [0.25, 0.3) is 11.5 Å². The Balaban J connectivity index is 1.69. The van der Waals surface area contributed by atoms with E-state index in [2.05, 4.69) is 45.2 Å². The Kier molecular flexibility index (Phi) is 10.3. The van der Waals surface area contributed by atoms with E-state index < -0.39 is 6.04 Å². The molecule has 0 fully saturated rings. The van der Waals surface area contributed by atoms with E-state index in [1.807, 2.05) is 57.2 Å². The van der Waals surface area contributed by atoms with Crippen LogP contribution in [0.15, 0.2) is 81.7 Å². The molecule has 0 saturated carbocycles. The third kappa shape index (κ3) is 6.36. The molecule has 0 unspecified atom stereocenters. The normalized spacial score (nSPS) is 14.7. The van der Waals surface area contributed by atoms with E-state index in [9.17, 15) is 14.0 Å². The predicted octanol–water partition coefficient (Wildman–Crippen LogP) is 6.04. The number of benzene rings is 3. The van der Waals surface area contributed by atoms with Crippen LogP contribution in [0.25, 0.3) is 6.08 Å². The largest absolute Gasteiger partial charge is 0.496 e. The number of carbonyl (C=O) groups is 1. The van der Waals surface area contributed by atoms with E-state index in [4.69, 9.17) is 14.5 Å². The maximum atomic E-state index is 14.4. The highest BCUT2D eigenvalue weighted by Crippen LogP contribution is 2.36. The van der Waals surface area contributed by atoms with Crippen molar-refractivity contribution in [2.75, 3.05) is 20.2 Å². The molecule has 5 rings (SSSR count). The van der Waals surface area contributed by atoms with E-state index in [1.165, 1.54) is 17.4 Å². The van der Waals surface area contributed by atoms with Crippen molar-refractivity contribution in [1.82, 2.24) is 9.47 Å². The van der Waals surface area contributed by atoms with E-state index in [0.29, 0.717) is 61.9 Å². The lowest BCUT2D eigenvalue weighted by atomic mass is 9.94. The quantitative estimate of drug-likeness (QED) is 0.193. The second-order valence-corrected chi connectivity index (χ2v) is 13.4. The van der Waals surface area contributed by atoms with E-state index >= 15 is 0 Å². The SMILES string of the molecule is CCN(CC)C(=O)C1=C(C)N=c2s/c(=C/c3cc(I)cc(I)c3OCc3ccccc3F)c(=O)n2[C@@H]1c1ccccc1OC. The summed E-state index contributed by atoms with van der Waals surface area (Å²) in [4.78, 5) is 35.2. The van der Waals surface area contributed by atoms with Gasteiger partial charge in [-0.3, -0.25) is 14.2 Å². The third-order valence-electron chi connectivity index (χ3n) is 7.39. The Morgan fingerprint density at radius 1 is 1.11 bits per heavy atom. The van der Waals surface area contributed by atoms with Crippen LogP contribution in [0.1, 0.15) is 43.5 Å². The van der Waals surface area contributed by atoms with E-state index in [1.54, 1.807) is 40.9 Å². The molecule has 1 aliphatic rings. The van der Waals surface area contributed by atoms with Crippen LogP contribution in [-0.4, -0.2) is 35.6 Å². The molecule has 0 bridgehead atoms. The van der Waals surface area contributed by atoms with Crippen LogP contribution in [0.4, 0.5) is 4.39 Å². The maximum absolute atomic E-state index is 14.4. The van der Waals surface area contributed by atoms with Gasteiger partial charge in [-0.25, -0.2) is 9.38 Å². The molecule has 4 aromatic rings. The summed E-state index contributed by atoms with van der Waals surface area (Å²) in [6, 6.07) is 17.1. The van der Waals surface area contributed by atoms with Crippen LogP contribution in [0, 0.1) is 13.0 Å². The molecule has 3 aromatic carbocycles. The van der Waals surface area contributed by atoms with Gasteiger partial charge in [0.2, 0.25) is 0 Å². The number of fused-ring (bicyclic) bond motifs is 1. The van der Waals surface area contributed by atoms with Gasteiger partial charge in [-0.2, -0.15) is 0 Å². The van der Waals surface area contributed by atoms with Crippen LogP contribution in [0.3, 0.4) is 0 Å². The number of para-hydroxylation sites is 1. The fourth-order valence-electron chi connectivity index (χ4n) is 5.21. The number of hydrogen-bond donors (Lipinski definition) is 0. The van der Waals surface area contributed by atoms with E-state index in [-0.39, 0.29) is 23.9 Å². The lowest BCUT2D eigenvalue weighted by Crippen LogP contribution is -2.43. The number of amides is 1. The Morgan fingerprint density at radius 3 is 2.52 bits per heavy atom. The molecule has 228 valence electrons. The van der Waals surface area contributed by atoms with Gasteiger partial charge in [-0.05, 0) is 96.3 Å². The van der Waals surface area contributed by atoms with Crippen molar-refractivity contribution in [1.29, 1.82) is 0 Å². The van der Waals surface area contributed by atoms with Crippen molar-refractivity contribution in [3.8, 4) is 11.5 Å². The number of aromatic nitrogens is 1. The molecule has 1 amide bonds. The number of ether oxygens (including phenoxy) is 2. The van der Waals surface area contributed by atoms with Gasteiger partial charge in [-0.15, -0.1) is 0 Å². The van der Waals surface area contributed by atoms with Gasteiger partial charge in [0.1, 0.15) is 30.0 Å². The molecule has 7 nitrogen and oxygen atoms in total. The number of halogens is 3. The fraction of sp³-hybridized carbons (Fsp3) is 0.242. The van der Waals surface area contributed by atoms with Gasteiger partial charge in [-0.1, -0.05) is 47.7 Å². The minimum atomic E-state index is -0.731. The molecule has 44 heavy (non-hydrogen) atoms. The van der Waals surface area contributed by atoms with Gasteiger partial charge in [0.05, 0.1) is 26.5 Å². The molecule has 11 heteroatoms. The first kappa shape index (κ1) is 32.4. The Hall–Kier alpha value is -3.04. The van der Waals surface area contributed by atoms with Crippen molar-refractivity contribution in [3.63, 3.8) is 0 Å². The average molecular weight is 837 g/mol.